The molecule has 0 aromatic heterocycles. The number of nitrogens with one attached hydrogen (secondary N) is 2. The number of hydrogen-bond acceptors (Lipinski definition) is 3. The monoisotopic (exact) mass is 262 g/mol. The van der Waals surface area contributed by atoms with E-state index in [1.807, 2.05) is 0 Å². The molecule has 1 aromatic rings. The van der Waals surface area contributed by atoms with Gasteiger partial charge in [0.05, 0.1) is 6.61 Å². The minimum absolute atomic E-state index is 0.407. The third-order valence-corrected chi connectivity index (χ3v) is 3.87. The van der Waals surface area contributed by atoms with Crippen molar-refractivity contribution in [1.29, 1.82) is 0 Å². The highest BCUT2D eigenvalue weighted by atomic mass is 16.5. The Morgan fingerprint density at radius 3 is 2.95 bits per heavy atom. The van der Waals surface area contributed by atoms with Crippen LogP contribution in [0.25, 0.3) is 0 Å². The third kappa shape index (κ3) is 3.71. The van der Waals surface area contributed by atoms with Crippen LogP contribution < -0.4 is 10.6 Å². The molecule has 1 aliphatic rings. The van der Waals surface area contributed by atoms with Crippen LogP contribution in [0.3, 0.4) is 0 Å². The second-order valence-electron chi connectivity index (χ2n) is 5.67. The number of ether oxygens (including phenoxy) is 1. The van der Waals surface area contributed by atoms with Crippen molar-refractivity contribution < 1.29 is 4.74 Å². The lowest BCUT2D eigenvalue weighted by atomic mass is 9.98. The van der Waals surface area contributed by atoms with Gasteiger partial charge in [-0.3, -0.25) is 0 Å². The van der Waals surface area contributed by atoms with Gasteiger partial charge in [-0.1, -0.05) is 32.0 Å². The standard InChI is InChI=1S/C16H26N2O/c1-12(2)15(11-19-3)18-10-14-7-4-6-13-8-5-9-17-16(13)14/h4,6-7,12,15,17-18H,5,8-11H2,1-3H3. The predicted molar refractivity (Wildman–Crippen MR) is 80.6 cm³/mol. The number of hydrogen-bond donors (Lipinski definition) is 2. The van der Waals surface area contributed by atoms with E-state index in [9.17, 15) is 0 Å². The predicted octanol–water partition coefficient (Wildman–Crippen LogP) is 2.81. The lowest BCUT2D eigenvalue weighted by Gasteiger charge is -2.25. The zero-order valence-electron chi connectivity index (χ0n) is 12.3. The number of para-hydroxylation sites is 1. The van der Waals surface area contributed by atoms with Gasteiger partial charge in [0, 0.05) is 31.9 Å². The number of anilines is 1. The van der Waals surface area contributed by atoms with Crippen LogP contribution in [0.2, 0.25) is 0 Å². The smallest absolute Gasteiger partial charge is 0.0618 e. The van der Waals surface area contributed by atoms with E-state index < -0.39 is 0 Å². The molecular formula is C16H26N2O. The second kappa shape index (κ2) is 6.92. The summed E-state index contributed by atoms with van der Waals surface area (Å²) in [5, 5.41) is 7.17. The van der Waals surface area contributed by atoms with E-state index in [0.717, 1.165) is 19.7 Å². The Balaban J connectivity index is 2.02. The van der Waals surface area contributed by atoms with E-state index in [-0.39, 0.29) is 0 Å². The molecule has 3 heteroatoms. The first kappa shape index (κ1) is 14.4. The highest BCUT2D eigenvalue weighted by Crippen LogP contribution is 2.26. The van der Waals surface area contributed by atoms with Gasteiger partial charge in [0.1, 0.15) is 0 Å². The third-order valence-electron chi connectivity index (χ3n) is 3.87. The minimum Gasteiger partial charge on any atom is -0.385 e. The van der Waals surface area contributed by atoms with Crippen LogP contribution in [0.5, 0.6) is 0 Å². The summed E-state index contributed by atoms with van der Waals surface area (Å²) < 4.78 is 5.29. The lowest BCUT2D eigenvalue weighted by molar-refractivity contribution is 0.146. The maximum absolute atomic E-state index is 5.29. The van der Waals surface area contributed by atoms with Gasteiger partial charge < -0.3 is 15.4 Å². The largest absolute Gasteiger partial charge is 0.385 e. The summed E-state index contributed by atoms with van der Waals surface area (Å²) in [5.74, 6) is 0.576. The quantitative estimate of drug-likeness (QED) is 0.827. The van der Waals surface area contributed by atoms with Gasteiger partial charge in [-0.05, 0) is 29.9 Å². The maximum atomic E-state index is 5.29. The van der Waals surface area contributed by atoms with Crippen LogP contribution >= 0.6 is 0 Å². The lowest BCUT2D eigenvalue weighted by Crippen LogP contribution is -2.37. The highest BCUT2D eigenvalue weighted by Gasteiger charge is 2.15. The SMILES string of the molecule is COCC(NCc1cccc2c1NCCC2)C(C)C. The van der Waals surface area contributed by atoms with Crippen LogP contribution in [0, 0.1) is 5.92 Å². The van der Waals surface area contributed by atoms with E-state index in [1.54, 1.807) is 7.11 Å². The number of aryl methyl sites for hydroxylation is 1. The van der Waals surface area contributed by atoms with E-state index >= 15 is 0 Å². The van der Waals surface area contributed by atoms with E-state index in [4.69, 9.17) is 4.74 Å². The zero-order chi connectivity index (χ0) is 13.7. The first-order valence-corrected chi connectivity index (χ1v) is 7.29. The minimum atomic E-state index is 0.407. The molecular weight excluding hydrogens is 236 g/mol. The summed E-state index contributed by atoms with van der Waals surface area (Å²) in [6.45, 7) is 7.23. The molecule has 0 radical (unpaired) electrons. The first-order chi connectivity index (χ1) is 9.22. The molecule has 106 valence electrons. The first-order valence-electron chi connectivity index (χ1n) is 7.29. The molecule has 1 atom stereocenters. The van der Waals surface area contributed by atoms with Crippen LogP contribution in [0.4, 0.5) is 5.69 Å². The Kier molecular flexibility index (Phi) is 5.23. The van der Waals surface area contributed by atoms with Gasteiger partial charge >= 0.3 is 0 Å². The summed E-state index contributed by atoms with van der Waals surface area (Å²) in [6, 6.07) is 7.03. The van der Waals surface area contributed by atoms with Crippen LogP contribution in [-0.4, -0.2) is 26.3 Å². The molecule has 1 heterocycles. The molecule has 0 saturated carbocycles. The van der Waals surface area contributed by atoms with E-state index in [1.165, 1.54) is 29.7 Å². The fourth-order valence-electron chi connectivity index (χ4n) is 2.64. The molecule has 0 fully saturated rings. The van der Waals surface area contributed by atoms with Crippen LogP contribution in [0.1, 0.15) is 31.4 Å². The summed E-state index contributed by atoms with van der Waals surface area (Å²) in [6.07, 6.45) is 2.43. The summed E-state index contributed by atoms with van der Waals surface area (Å²) >= 11 is 0. The molecule has 3 nitrogen and oxygen atoms in total. The molecule has 2 N–H and O–H groups in total. The fraction of sp³-hybridized carbons (Fsp3) is 0.625. The van der Waals surface area contributed by atoms with Gasteiger partial charge in [0.2, 0.25) is 0 Å². The van der Waals surface area contributed by atoms with Gasteiger partial charge in [0.15, 0.2) is 0 Å². The Morgan fingerprint density at radius 2 is 2.21 bits per heavy atom. The van der Waals surface area contributed by atoms with Crippen molar-refractivity contribution in [1.82, 2.24) is 5.32 Å². The fourth-order valence-corrected chi connectivity index (χ4v) is 2.64. The Labute approximate surface area is 116 Å². The number of rotatable bonds is 6. The Morgan fingerprint density at radius 1 is 1.37 bits per heavy atom. The van der Waals surface area contributed by atoms with Gasteiger partial charge in [0.25, 0.3) is 0 Å². The van der Waals surface area contributed by atoms with Crippen molar-refractivity contribution in [2.75, 3.05) is 25.6 Å². The summed E-state index contributed by atoms with van der Waals surface area (Å²) in [5.41, 5.74) is 4.18. The number of benzene rings is 1. The Hall–Kier alpha value is -1.06. The second-order valence-corrected chi connectivity index (χ2v) is 5.67. The molecule has 1 aliphatic heterocycles. The highest BCUT2D eigenvalue weighted by molar-refractivity contribution is 5.59. The van der Waals surface area contributed by atoms with Gasteiger partial charge in [-0.2, -0.15) is 0 Å². The average Bonchev–Trinajstić information content (AvgIpc) is 2.43. The Bertz CT molecular complexity index is 404. The molecule has 0 spiro atoms. The van der Waals surface area contributed by atoms with Crippen LogP contribution in [0.15, 0.2) is 18.2 Å². The van der Waals surface area contributed by atoms with E-state index in [2.05, 4.69) is 42.7 Å². The molecule has 0 aliphatic carbocycles. The average molecular weight is 262 g/mol. The van der Waals surface area contributed by atoms with Gasteiger partial charge in [-0.15, -0.1) is 0 Å². The van der Waals surface area contributed by atoms with Crippen molar-refractivity contribution in [2.24, 2.45) is 5.92 Å². The molecule has 1 unspecified atom stereocenters. The molecule has 0 saturated heterocycles. The maximum Gasteiger partial charge on any atom is 0.0618 e. The van der Waals surface area contributed by atoms with Crippen molar-refractivity contribution in [3.63, 3.8) is 0 Å². The molecule has 1 aromatic carbocycles. The molecule has 0 bridgehead atoms. The normalized spacial score (nSPS) is 16.0. The van der Waals surface area contributed by atoms with Crippen LogP contribution in [-0.2, 0) is 17.7 Å². The summed E-state index contributed by atoms with van der Waals surface area (Å²) in [7, 11) is 1.77. The summed E-state index contributed by atoms with van der Waals surface area (Å²) in [4.78, 5) is 0. The van der Waals surface area contributed by atoms with Crippen molar-refractivity contribution in [3.05, 3.63) is 29.3 Å². The van der Waals surface area contributed by atoms with Crippen molar-refractivity contribution in [3.8, 4) is 0 Å². The molecule has 0 amide bonds. The van der Waals surface area contributed by atoms with Crippen molar-refractivity contribution >= 4 is 5.69 Å². The molecule has 19 heavy (non-hydrogen) atoms. The van der Waals surface area contributed by atoms with Gasteiger partial charge in [-0.25, -0.2) is 0 Å². The molecule has 2 rings (SSSR count). The number of fused-ring (bicyclic) bond motifs is 1. The number of methoxy groups -OCH3 is 1. The van der Waals surface area contributed by atoms with E-state index in [0.29, 0.717) is 12.0 Å². The topological polar surface area (TPSA) is 33.3 Å². The zero-order valence-corrected chi connectivity index (χ0v) is 12.3. The van der Waals surface area contributed by atoms with Crippen molar-refractivity contribution in [2.45, 2.75) is 39.3 Å².